The van der Waals surface area contributed by atoms with Crippen molar-refractivity contribution in [2.75, 3.05) is 33.7 Å². The molecule has 0 unspecified atom stereocenters. The zero-order valence-corrected chi connectivity index (χ0v) is 16.3. The maximum atomic E-state index is 12.8. The molecule has 0 saturated carbocycles. The van der Waals surface area contributed by atoms with E-state index >= 15 is 0 Å². The molecule has 0 aliphatic carbocycles. The Labute approximate surface area is 159 Å². The largest absolute Gasteiger partial charge is 0.493 e. The Morgan fingerprint density at radius 3 is 2.11 bits per heavy atom. The van der Waals surface area contributed by atoms with Crippen LogP contribution in [0.4, 0.5) is 5.69 Å². The first-order valence-electron chi connectivity index (χ1n) is 8.50. The molecule has 0 saturated heterocycles. The van der Waals surface area contributed by atoms with Gasteiger partial charge in [0.15, 0.2) is 17.3 Å². The van der Waals surface area contributed by atoms with Crippen molar-refractivity contribution in [1.29, 1.82) is 0 Å². The molecule has 144 valence electrons. The number of hydrogen-bond donors (Lipinski definition) is 1. The minimum Gasteiger partial charge on any atom is -0.493 e. The quantitative estimate of drug-likeness (QED) is 0.429. The van der Waals surface area contributed by atoms with Gasteiger partial charge in [0.1, 0.15) is 5.75 Å². The first-order chi connectivity index (χ1) is 12.9. The maximum Gasteiger partial charge on any atom is 0.203 e. The second kappa shape index (κ2) is 8.98. The van der Waals surface area contributed by atoms with Gasteiger partial charge in [-0.2, -0.15) is 0 Å². The summed E-state index contributed by atoms with van der Waals surface area (Å²) in [7, 11) is 4.64. The summed E-state index contributed by atoms with van der Waals surface area (Å²) in [6.45, 7) is 4.14. The predicted octanol–water partition coefficient (Wildman–Crippen LogP) is 3.98. The summed E-state index contributed by atoms with van der Waals surface area (Å²) < 4.78 is 21.4. The van der Waals surface area contributed by atoms with Crippen LogP contribution in [0.3, 0.4) is 0 Å². The molecule has 0 spiro atoms. The number of methoxy groups -OCH3 is 3. The van der Waals surface area contributed by atoms with Gasteiger partial charge < -0.3 is 24.7 Å². The van der Waals surface area contributed by atoms with Crippen molar-refractivity contribution in [3.63, 3.8) is 0 Å². The lowest BCUT2D eigenvalue weighted by Gasteiger charge is -2.13. The molecule has 0 heterocycles. The Balaban J connectivity index is 2.36. The molecule has 6 nitrogen and oxygen atoms in total. The van der Waals surface area contributed by atoms with Gasteiger partial charge in [-0.05, 0) is 61.4 Å². The van der Waals surface area contributed by atoms with Gasteiger partial charge in [-0.15, -0.1) is 0 Å². The Hall–Kier alpha value is -3.15. The Kier molecular flexibility index (Phi) is 6.71. The maximum absolute atomic E-state index is 12.8. The van der Waals surface area contributed by atoms with Gasteiger partial charge in [0.2, 0.25) is 5.75 Å². The van der Waals surface area contributed by atoms with E-state index in [4.69, 9.17) is 24.7 Å². The molecule has 0 amide bonds. The highest BCUT2D eigenvalue weighted by Gasteiger charge is 2.14. The molecule has 0 radical (unpaired) electrons. The number of anilines is 1. The lowest BCUT2D eigenvalue weighted by atomic mass is 10.0. The van der Waals surface area contributed by atoms with E-state index in [1.54, 1.807) is 64.7 Å². The van der Waals surface area contributed by atoms with Gasteiger partial charge >= 0.3 is 0 Å². The van der Waals surface area contributed by atoms with E-state index in [2.05, 4.69) is 0 Å². The summed E-state index contributed by atoms with van der Waals surface area (Å²) in [5.41, 5.74) is 8.20. The zero-order valence-electron chi connectivity index (χ0n) is 16.3. The predicted molar refractivity (Wildman–Crippen MR) is 106 cm³/mol. The van der Waals surface area contributed by atoms with E-state index in [1.807, 2.05) is 6.92 Å². The lowest BCUT2D eigenvalue weighted by molar-refractivity contribution is 0.103. The first kappa shape index (κ1) is 20.2. The summed E-state index contributed by atoms with van der Waals surface area (Å²) in [6.07, 6.45) is 1.76. The smallest absolute Gasteiger partial charge is 0.203 e. The van der Waals surface area contributed by atoms with E-state index in [9.17, 15) is 4.79 Å². The molecule has 0 aliphatic rings. The van der Waals surface area contributed by atoms with Crippen LogP contribution >= 0.6 is 0 Å². The number of benzene rings is 2. The summed E-state index contributed by atoms with van der Waals surface area (Å²) in [5, 5.41) is 0. The SMILES string of the molecule is CCOc1ccc(C(=O)/C(C)=C/c2cc(OC)c(OC)c(OC)c2)cc1N. The fraction of sp³-hybridized carbons (Fsp3) is 0.286. The van der Waals surface area contributed by atoms with Gasteiger partial charge in [0.05, 0.1) is 33.6 Å². The zero-order chi connectivity index (χ0) is 20.0. The van der Waals surface area contributed by atoms with Crippen LogP contribution in [-0.4, -0.2) is 33.7 Å². The molecule has 2 aromatic carbocycles. The summed E-state index contributed by atoms with van der Waals surface area (Å²) in [4.78, 5) is 12.8. The molecular weight excluding hydrogens is 346 g/mol. The highest BCUT2D eigenvalue weighted by Crippen LogP contribution is 2.38. The lowest BCUT2D eigenvalue weighted by Crippen LogP contribution is -2.04. The number of nitrogens with two attached hydrogens (primary N) is 1. The average Bonchev–Trinajstić information content (AvgIpc) is 2.68. The van der Waals surface area contributed by atoms with Crippen molar-refractivity contribution in [2.24, 2.45) is 0 Å². The summed E-state index contributed by atoms with van der Waals surface area (Å²) >= 11 is 0. The van der Waals surface area contributed by atoms with Gasteiger partial charge in [-0.3, -0.25) is 4.79 Å². The monoisotopic (exact) mass is 371 g/mol. The minimum absolute atomic E-state index is 0.126. The van der Waals surface area contributed by atoms with Crippen LogP contribution < -0.4 is 24.7 Å². The van der Waals surface area contributed by atoms with Crippen molar-refractivity contribution >= 4 is 17.5 Å². The normalized spacial score (nSPS) is 11.1. The minimum atomic E-state index is -0.126. The van der Waals surface area contributed by atoms with E-state index in [0.29, 0.717) is 46.4 Å². The Morgan fingerprint density at radius 1 is 1.00 bits per heavy atom. The molecule has 2 aromatic rings. The second-order valence-electron chi connectivity index (χ2n) is 5.80. The third-order valence-corrected chi connectivity index (χ3v) is 4.00. The van der Waals surface area contributed by atoms with Crippen molar-refractivity contribution in [1.82, 2.24) is 0 Å². The van der Waals surface area contributed by atoms with Gasteiger partial charge in [-0.25, -0.2) is 0 Å². The van der Waals surface area contributed by atoms with Crippen LogP contribution in [0, 0.1) is 0 Å². The molecule has 0 bridgehead atoms. The number of nitrogen functional groups attached to an aromatic ring is 1. The fourth-order valence-electron chi connectivity index (χ4n) is 2.70. The number of ketones is 1. The van der Waals surface area contributed by atoms with Crippen LogP contribution in [0.5, 0.6) is 23.0 Å². The molecule has 2 N–H and O–H groups in total. The number of carbonyl (C=O) groups is 1. The van der Waals surface area contributed by atoms with Crippen LogP contribution in [0.15, 0.2) is 35.9 Å². The summed E-state index contributed by atoms with van der Waals surface area (Å²) in [6, 6.07) is 8.60. The number of carbonyl (C=O) groups excluding carboxylic acids is 1. The molecule has 6 heteroatoms. The second-order valence-corrected chi connectivity index (χ2v) is 5.80. The summed E-state index contributed by atoms with van der Waals surface area (Å²) in [5.74, 6) is 1.99. The third kappa shape index (κ3) is 4.53. The molecule has 0 fully saturated rings. The highest BCUT2D eigenvalue weighted by atomic mass is 16.5. The Bertz CT molecular complexity index is 833. The number of ether oxygens (including phenoxy) is 4. The van der Waals surface area contributed by atoms with Gasteiger partial charge in [0.25, 0.3) is 0 Å². The first-order valence-corrected chi connectivity index (χ1v) is 8.50. The average molecular weight is 371 g/mol. The van der Waals surface area contributed by atoms with Crippen molar-refractivity contribution < 1.29 is 23.7 Å². The van der Waals surface area contributed by atoms with E-state index in [-0.39, 0.29) is 5.78 Å². The number of allylic oxidation sites excluding steroid dienone is 1. The van der Waals surface area contributed by atoms with Crippen LogP contribution in [0.25, 0.3) is 6.08 Å². The van der Waals surface area contributed by atoms with Crippen molar-refractivity contribution in [2.45, 2.75) is 13.8 Å². The van der Waals surface area contributed by atoms with E-state index in [0.717, 1.165) is 5.56 Å². The molecule has 0 aliphatic heterocycles. The number of rotatable bonds is 8. The van der Waals surface area contributed by atoms with E-state index in [1.165, 1.54) is 0 Å². The standard InChI is InChI=1S/C21H25NO5/c1-6-27-17-8-7-15(12-16(17)22)20(23)13(2)9-14-10-18(24-3)21(26-5)19(11-14)25-4/h7-12H,6,22H2,1-5H3/b13-9+. The molecule has 0 aromatic heterocycles. The number of hydrogen-bond acceptors (Lipinski definition) is 6. The molecule has 27 heavy (non-hydrogen) atoms. The molecule has 2 rings (SSSR count). The third-order valence-electron chi connectivity index (χ3n) is 4.00. The van der Waals surface area contributed by atoms with Crippen LogP contribution in [-0.2, 0) is 0 Å². The van der Waals surface area contributed by atoms with Crippen molar-refractivity contribution in [3.05, 3.63) is 47.0 Å². The van der Waals surface area contributed by atoms with E-state index < -0.39 is 0 Å². The van der Waals surface area contributed by atoms with Gasteiger partial charge in [0, 0.05) is 5.56 Å². The van der Waals surface area contributed by atoms with Crippen LogP contribution in [0.1, 0.15) is 29.8 Å². The topological polar surface area (TPSA) is 80.0 Å². The van der Waals surface area contributed by atoms with Gasteiger partial charge in [-0.1, -0.05) is 0 Å². The molecular formula is C21H25NO5. The highest BCUT2D eigenvalue weighted by molar-refractivity contribution is 6.11. The Morgan fingerprint density at radius 2 is 1.63 bits per heavy atom. The van der Waals surface area contributed by atoms with Crippen LogP contribution in [0.2, 0.25) is 0 Å². The van der Waals surface area contributed by atoms with Crippen molar-refractivity contribution in [3.8, 4) is 23.0 Å². The fourth-order valence-corrected chi connectivity index (χ4v) is 2.70. The molecule has 0 atom stereocenters. The number of Topliss-reactive ketones (excluding diaryl/α,β-unsaturated/α-hetero) is 1.